The number of aryl methyl sites for hydroxylation is 1. The Kier molecular flexibility index (Phi) is 5.62. The van der Waals surface area contributed by atoms with E-state index in [0.29, 0.717) is 6.61 Å². The summed E-state index contributed by atoms with van der Waals surface area (Å²) in [6.07, 6.45) is 0. The van der Waals surface area contributed by atoms with Crippen molar-refractivity contribution >= 4 is 17.3 Å². The minimum atomic E-state index is 0.197. The summed E-state index contributed by atoms with van der Waals surface area (Å²) in [4.78, 5) is 0. The summed E-state index contributed by atoms with van der Waals surface area (Å²) in [5, 5.41) is 4.29. The zero-order chi connectivity index (χ0) is 17.6. The van der Waals surface area contributed by atoms with E-state index >= 15 is 0 Å². The molecule has 0 aliphatic heterocycles. The van der Waals surface area contributed by atoms with Crippen molar-refractivity contribution in [1.29, 1.82) is 0 Å². The minimum absolute atomic E-state index is 0.197. The fourth-order valence-corrected chi connectivity index (χ4v) is 2.93. The van der Waals surface area contributed by atoms with Crippen LogP contribution in [-0.2, 0) is 6.61 Å². The molecule has 3 heteroatoms. The van der Waals surface area contributed by atoms with E-state index < -0.39 is 0 Å². The second-order valence-electron chi connectivity index (χ2n) is 6.17. The van der Waals surface area contributed by atoms with Gasteiger partial charge in [0.15, 0.2) is 0 Å². The Labute approximate surface area is 154 Å². The lowest BCUT2D eigenvalue weighted by atomic mass is 10.1. The number of hydrogen-bond acceptors (Lipinski definition) is 2. The highest BCUT2D eigenvalue weighted by Gasteiger charge is 2.07. The molecule has 0 saturated carbocycles. The lowest BCUT2D eigenvalue weighted by molar-refractivity contribution is 0.306. The Balaban J connectivity index is 1.61. The first-order valence-corrected chi connectivity index (χ1v) is 8.79. The standard InChI is InChI=1S/C22H22ClNO/c1-16-14-20(23)10-13-22(16)24-17(2)19-8-11-21(12-9-19)25-15-18-6-4-3-5-7-18/h3-14,17,24H,15H2,1-2H3. The molecule has 0 amide bonds. The van der Waals surface area contributed by atoms with E-state index in [4.69, 9.17) is 16.3 Å². The monoisotopic (exact) mass is 351 g/mol. The summed E-state index contributed by atoms with van der Waals surface area (Å²) in [5.74, 6) is 0.877. The van der Waals surface area contributed by atoms with Crippen LogP contribution in [0, 0.1) is 6.92 Å². The second kappa shape index (κ2) is 8.09. The molecule has 3 rings (SSSR count). The number of hydrogen-bond donors (Lipinski definition) is 1. The highest BCUT2D eigenvalue weighted by Crippen LogP contribution is 2.25. The molecule has 0 aromatic heterocycles. The maximum absolute atomic E-state index is 6.02. The van der Waals surface area contributed by atoms with E-state index in [-0.39, 0.29) is 6.04 Å². The van der Waals surface area contributed by atoms with E-state index in [1.807, 2.05) is 48.5 Å². The lowest BCUT2D eigenvalue weighted by Gasteiger charge is -2.18. The first-order chi connectivity index (χ1) is 12.1. The predicted molar refractivity (Wildman–Crippen MR) is 105 cm³/mol. The molecular weight excluding hydrogens is 330 g/mol. The smallest absolute Gasteiger partial charge is 0.119 e. The number of nitrogens with one attached hydrogen (secondary N) is 1. The molecule has 0 radical (unpaired) electrons. The molecule has 1 atom stereocenters. The third-order valence-electron chi connectivity index (χ3n) is 4.19. The Morgan fingerprint density at radius 2 is 1.68 bits per heavy atom. The van der Waals surface area contributed by atoms with Gasteiger partial charge in [-0.05, 0) is 60.9 Å². The first kappa shape index (κ1) is 17.4. The van der Waals surface area contributed by atoms with Gasteiger partial charge in [0.25, 0.3) is 0 Å². The molecule has 3 aromatic rings. The highest BCUT2D eigenvalue weighted by atomic mass is 35.5. The van der Waals surface area contributed by atoms with Gasteiger partial charge in [0, 0.05) is 16.8 Å². The second-order valence-corrected chi connectivity index (χ2v) is 6.61. The average molecular weight is 352 g/mol. The maximum atomic E-state index is 6.02. The number of ether oxygens (including phenoxy) is 1. The lowest BCUT2D eigenvalue weighted by Crippen LogP contribution is -2.07. The molecule has 1 N–H and O–H groups in total. The van der Waals surface area contributed by atoms with Gasteiger partial charge in [0.05, 0.1) is 0 Å². The van der Waals surface area contributed by atoms with Crippen molar-refractivity contribution in [3.8, 4) is 5.75 Å². The van der Waals surface area contributed by atoms with Crippen LogP contribution in [0.15, 0.2) is 72.8 Å². The minimum Gasteiger partial charge on any atom is -0.489 e. The molecular formula is C22H22ClNO. The molecule has 0 heterocycles. The Bertz CT molecular complexity index is 815. The molecule has 0 aliphatic carbocycles. The van der Waals surface area contributed by atoms with Gasteiger partial charge >= 0.3 is 0 Å². The van der Waals surface area contributed by atoms with Gasteiger partial charge in [0.2, 0.25) is 0 Å². The Morgan fingerprint density at radius 1 is 0.960 bits per heavy atom. The van der Waals surface area contributed by atoms with Crippen LogP contribution in [0.25, 0.3) is 0 Å². The van der Waals surface area contributed by atoms with Crippen molar-refractivity contribution in [2.75, 3.05) is 5.32 Å². The van der Waals surface area contributed by atoms with E-state index in [1.165, 1.54) is 11.1 Å². The maximum Gasteiger partial charge on any atom is 0.119 e. The van der Waals surface area contributed by atoms with Crippen molar-refractivity contribution < 1.29 is 4.74 Å². The molecule has 0 aliphatic rings. The SMILES string of the molecule is Cc1cc(Cl)ccc1NC(C)c1ccc(OCc2ccccc2)cc1. The highest BCUT2D eigenvalue weighted by molar-refractivity contribution is 6.30. The zero-order valence-corrected chi connectivity index (χ0v) is 15.3. The van der Waals surface area contributed by atoms with Crippen LogP contribution in [0.3, 0.4) is 0 Å². The van der Waals surface area contributed by atoms with Crippen LogP contribution in [0.1, 0.15) is 29.7 Å². The van der Waals surface area contributed by atoms with E-state index in [2.05, 4.69) is 43.4 Å². The van der Waals surface area contributed by atoms with Gasteiger partial charge in [-0.25, -0.2) is 0 Å². The van der Waals surface area contributed by atoms with Crippen LogP contribution in [0.5, 0.6) is 5.75 Å². The molecule has 2 nitrogen and oxygen atoms in total. The van der Waals surface area contributed by atoms with Crippen molar-refractivity contribution in [2.24, 2.45) is 0 Å². The predicted octanol–water partition coefficient (Wildman–Crippen LogP) is 6.40. The quantitative estimate of drug-likeness (QED) is 0.554. The molecule has 0 fully saturated rings. The van der Waals surface area contributed by atoms with Gasteiger partial charge in [-0.3, -0.25) is 0 Å². The van der Waals surface area contributed by atoms with Crippen molar-refractivity contribution in [3.63, 3.8) is 0 Å². The third kappa shape index (κ3) is 4.77. The first-order valence-electron chi connectivity index (χ1n) is 8.41. The van der Waals surface area contributed by atoms with E-state index in [9.17, 15) is 0 Å². The fourth-order valence-electron chi connectivity index (χ4n) is 2.70. The van der Waals surface area contributed by atoms with Gasteiger partial charge in [-0.1, -0.05) is 54.1 Å². The summed E-state index contributed by atoms with van der Waals surface area (Å²) in [5.41, 5.74) is 4.62. The van der Waals surface area contributed by atoms with Gasteiger partial charge in [0.1, 0.15) is 12.4 Å². The number of anilines is 1. The number of rotatable bonds is 6. The summed E-state index contributed by atoms with van der Waals surface area (Å²) in [7, 11) is 0. The van der Waals surface area contributed by atoms with E-state index in [1.54, 1.807) is 0 Å². The summed E-state index contributed by atoms with van der Waals surface area (Å²) >= 11 is 6.02. The van der Waals surface area contributed by atoms with Crippen molar-refractivity contribution in [1.82, 2.24) is 0 Å². The van der Waals surface area contributed by atoms with Gasteiger partial charge in [-0.15, -0.1) is 0 Å². The van der Waals surface area contributed by atoms with Crippen molar-refractivity contribution in [2.45, 2.75) is 26.5 Å². The third-order valence-corrected chi connectivity index (χ3v) is 4.42. The van der Waals surface area contributed by atoms with Gasteiger partial charge in [-0.2, -0.15) is 0 Å². The molecule has 1 unspecified atom stereocenters. The Morgan fingerprint density at radius 3 is 2.36 bits per heavy atom. The van der Waals surface area contributed by atoms with Crippen LogP contribution in [-0.4, -0.2) is 0 Å². The molecule has 3 aromatic carbocycles. The topological polar surface area (TPSA) is 21.3 Å². The largest absolute Gasteiger partial charge is 0.489 e. The molecule has 128 valence electrons. The average Bonchev–Trinajstić information content (AvgIpc) is 2.63. The fraction of sp³-hybridized carbons (Fsp3) is 0.182. The normalized spacial score (nSPS) is 11.8. The van der Waals surface area contributed by atoms with Crippen LogP contribution >= 0.6 is 11.6 Å². The summed E-state index contributed by atoms with van der Waals surface area (Å²) < 4.78 is 5.84. The summed E-state index contributed by atoms with van der Waals surface area (Å²) in [6, 6.07) is 24.5. The Hall–Kier alpha value is -2.45. The van der Waals surface area contributed by atoms with Crippen LogP contribution in [0.2, 0.25) is 5.02 Å². The van der Waals surface area contributed by atoms with Crippen LogP contribution in [0.4, 0.5) is 5.69 Å². The van der Waals surface area contributed by atoms with Crippen molar-refractivity contribution in [3.05, 3.63) is 94.5 Å². The van der Waals surface area contributed by atoms with E-state index in [0.717, 1.165) is 22.0 Å². The van der Waals surface area contributed by atoms with Crippen LogP contribution < -0.4 is 10.1 Å². The molecule has 0 spiro atoms. The molecule has 0 saturated heterocycles. The van der Waals surface area contributed by atoms with Gasteiger partial charge < -0.3 is 10.1 Å². The number of halogens is 1. The molecule has 0 bridgehead atoms. The zero-order valence-electron chi connectivity index (χ0n) is 14.5. The summed E-state index contributed by atoms with van der Waals surface area (Å²) in [6.45, 7) is 4.79. The molecule has 25 heavy (non-hydrogen) atoms. The number of benzene rings is 3.